The number of nitrogens with zero attached hydrogens (tertiary/aromatic N) is 5. The van der Waals surface area contributed by atoms with Crippen LogP contribution >= 0.6 is 0 Å². The molecule has 4 rings (SSSR count). The molecule has 9 nitrogen and oxygen atoms in total. The van der Waals surface area contributed by atoms with Gasteiger partial charge in [-0.25, -0.2) is 32.2 Å². The topological polar surface area (TPSA) is 113 Å². The minimum Gasteiger partial charge on any atom is -0.390 e. The van der Waals surface area contributed by atoms with Gasteiger partial charge in [0.2, 0.25) is 16.0 Å². The standard InChI is InChI=1S/C21H26F2N6O3S/c1-11(2)29-12(3)25-17-8-14(22)13(7-18(17)29)20-15(23)9-24-21(27-20)26-16-5-6-28(10-19(16)30)33(4,31)32/h7-9,11,16,19,30H,5-6,10H2,1-4H3,(H,24,26,27)/t16-,19?/m1/s1. The lowest BCUT2D eigenvalue weighted by Crippen LogP contribution is -2.51. The third kappa shape index (κ3) is 4.55. The van der Waals surface area contributed by atoms with E-state index in [1.807, 2.05) is 25.3 Å². The summed E-state index contributed by atoms with van der Waals surface area (Å²) in [6.45, 7) is 5.92. The number of halogens is 2. The van der Waals surface area contributed by atoms with Crippen LogP contribution in [0.25, 0.3) is 22.3 Å². The van der Waals surface area contributed by atoms with E-state index in [1.165, 1.54) is 16.4 Å². The van der Waals surface area contributed by atoms with Crippen LogP contribution in [0, 0.1) is 18.6 Å². The molecule has 1 unspecified atom stereocenters. The van der Waals surface area contributed by atoms with E-state index in [0.717, 1.165) is 18.3 Å². The van der Waals surface area contributed by atoms with Gasteiger partial charge in [-0.15, -0.1) is 0 Å². The number of aryl methyl sites for hydroxylation is 1. The molecule has 2 atom stereocenters. The molecule has 0 saturated carbocycles. The summed E-state index contributed by atoms with van der Waals surface area (Å²) in [6.07, 6.45) is 1.32. The van der Waals surface area contributed by atoms with E-state index in [4.69, 9.17) is 0 Å². The van der Waals surface area contributed by atoms with Gasteiger partial charge in [-0.05, 0) is 33.3 Å². The molecule has 3 aromatic rings. The molecule has 1 aliphatic heterocycles. The van der Waals surface area contributed by atoms with Crippen LogP contribution in [0.4, 0.5) is 14.7 Å². The van der Waals surface area contributed by atoms with E-state index in [9.17, 15) is 22.3 Å². The van der Waals surface area contributed by atoms with Crippen molar-refractivity contribution >= 4 is 27.0 Å². The quantitative estimate of drug-likeness (QED) is 0.577. The van der Waals surface area contributed by atoms with Crippen LogP contribution in [0.2, 0.25) is 0 Å². The molecule has 0 spiro atoms. The van der Waals surface area contributed by atoms with E-state index in [2.05, 4.69) is 20.3 Å². The van der Waals surface area contributed by atoms with Gasteiger partial charge in [0.25, 0.3) is 0 Å². The highest BCUT2D eigenvalue weighted by molar-refractivity contribution is 7.88. The fourth-order valence-electron chi connectivity index (χ4n) is 4.23. The molecule has 1 aliphatic rings. The Kier molecular flexibility index (Phi) is 6.10. The SMILES string of the molecule is Cc1nc2cc(F)c(-c3nc(N[C@@H]4CCN(S(C)(=O)=O)CC4O)ncc3F)cc2n1C(C)C. The second-order valence-electron chi connectivity index (χ2n) is 8.56. The van der Waals surface area contributed by atoms with Gasteiger partial charge in [-0.1, -0.05) is 0 Å². The largest absolute Gasteiger partial charge is 0.390 e. The van der Waals surface area contributed by atoms with E-state index in [1.54, 1.807) is 0 Å². The smallest absolute Gasteiger partial charge is 0.223 e. The number of hydrogen-bond acceptors (Lipinski definition) is 7. The Morgan fingerprint density at radius 3 is 2.58 bits per heavy atom. The Balaban J connectivity index is 1.66. The van der Waals surface area contributed by atoms with Crippen LogP contribution in [-0.2, 0) is 10.0 Å². The Morgan fingerprint density at radius 1 is 1.21 bits per heavy atom. The molecule has 0 aliphatic carbocycles. The highest BCUT2D eigenvalue weighted by Gasteiger charge is 2.32. The molecule has 2 N–H and O–H groups in total. The number of anilines is 1. The Hall–Kier alpha value is -2.70. The molecular formula is C21H26F2N6O3S. The minimum absolute atomic E-state index is 0.0105. The van der Waals surface area contributed by atoms with Crippen LogP contribution in [0.15, 0.2) is 18.3 Å². The van der Waals surface area contributed by atoms with Crippen LogP contribution in [0.3, 0.4) is 0 Å². The first-order chi connectivity index (χ1) is 15.5. The summed E-state index contributed by atoms with van der Waals surface area (Å²) >= 11 is 0. The number of piperidine rings is 1. The van der Waals surface area contributed by atoms with Crippen molar-refractivity contribution in [3.8, 4) is 11.3 Å². The van der Waals surface area contributed by atoms with Gasteiger partial charge < -0.3 is 15.0 Å². The fraction of sp³-hybridized carbons (Fsp3) is 0.476. The molecular weight excluding hydrogens is 454 g/mol. The number of aliphatic hydroxyl groups excluding tert-OH is 1. The molecule has 33 heavy (non-hydrogen) atoms. The van der Waals surface area contributed by atoms with Gasteiger partial charge in [-0.2, -0.15) is 4.31 Å². The molecule has 1 saturated heterocycles. The first-order valence-corrected chi connectivity index (χ1v) is 12.4. The summed E-state index contributed by atoms with van der Waals surface area (Å²) < 4.78 is 56.2. The number of hydrogen-bond donors (Lipinski definition) is 2. The summed E-state index contributed by atoms with van der Waals surface area (Å²) in [6, 6.07) is 2.31. The van der Waals surface area contributed by atoms with Gasteiger partial charge in [0.15, 0.2) is 5.82 Å². The molecule has 3 heterocycles. The normalized spacial score (nSPS) is 20.0. The number of β-amino-alcohol motifs (C(OH)–C–C–N with tert-alkyl or cyclic N) is 1. The van der Waals surface area contributed by atoms with Crippen molar-refractivity contribution in [1.29, 1.82) is 0 Å². The van der Waals surface area contributed by atoms with Crippen molar-refractivity contribution in [1.82, 2.24) is 23.8 Å². The third-order valence-electron chi connectivity index (χ3n) is 5.80. The number of fused-ring (bicyclic) bond motifs is 1. The van der Waals surface area contributed by atoms with Crippen molar-refractivity contribution in [2.75, 3.05) is 24.7 Å². The number of nitrogens with one attached hydrogen (secondary N) is 1. The van der Waals surface area contributed by atoms with E-state index in [-0.39, 0.29) is 36.3 Å². The average molecular weight is 481 g/mol. The lowest BCUT2D eigenvalue weighted by atomic mass is 10.0. The summed E-state index contributed by atoms with van der Waals surface area (Å²) in [4.78, 5) is 12.5. The number of aromatic nitrogens is 4. The molecule has 178 valence electrons. The van der Waals surface area contributed by atoms with Crippen LogP contribution in [-0.4, -0.2) is 68.8 Å². The fourth-order valence-corrected chi connectivity index (χ4v) is 5.09. The number of imidazole rings is 1. The maximum Gasteiger partial charge on any atom is 0.223 e. The number of aliphatic hydroxyl groups is 1. The van der Waals surface area contributed by atoms with Gasteiger partial charge in [-0.3, -0.25) is 0 Å². The summed E-state index contributed by atoms with van der Waals surface area (Å²) in [5.41, 5.74) is 0.884. The lowest BCUT2D eigenvalue weighted by Gasteiger charge is -2.34. The van der Waals surface area contributed by atoms with Gasteiger partial charge in [0.05, 0.1) is 35.6 Å². The second kappa shape index (κ2) is 8.58. The molecule has 12 heteroatoms. The maximum absolute atomic E-state index is 14.9. The van der Waals surface area contributed by atoms with E-state index < -0.39 is 33.8 Å². The second-order valence-corrected chi connectivity index (χ2v) is 10.5. The van der Waals surface area contributed by atoms with Crippen molar-refractivity contribution in [3.05, 3.63) is 35.8 Å². The first-order valence-electron chi connectivity index (χ1n) is 10.6. The number of sulfonamides is 1. The highest BCUT2D eigenvalue weighted by Crippen LogP contribution is 2.31. The van der Waals surface area contributed by atoms with Crippen molar-refractivity contribution in [2.24, 2.45) is 0 Å². The predicted molar refractivity (Wildman–Crippen MR) is 120 cm³/mol. The van der Waals surface area contributed by atoms with Crippen LogP contribution in [0.5, 0.6) is 0 Å². The summed E-state index contributed by atoms with van der Waals surface area (Å²) in [5.74, 6) is -0.729. The van der Waals surface area contributed by atoms with Crippen molar-refractivity contribution in [2.45, 2.75) is 45.4 Å². The Bertz CT molecular complexity index is 1310. The Labute approximate surface area is 190 Å². The molecule has 1 fully saturated rings. The monoisotopic (exact) mass is 480 g/mol. The predicted octanol–water partition coefficient (Wildman–Crippen LogP) is 2.47. The summed E-state index contributed by atoms with van der Waals surface area (Å²) in [5, 5.41) is 13.3. The molecule has 1 aromatic carbocycles. The number of rotatable bonds is 5. The van der Waals surface area contributed by atoms with E-state index in [0.29, 0.717) is 17.5 Å². The van der Waals surface area contributed by atoms with Crippen LogP contribution in [0.1, 0.15) is 32.1 Å². The Morgan fingerprint density at radius 2 is 1.94 bits per heavy atom. The zero-order valence-electron chi connectivity index (χ0n) is 18.7. The van der Waals surface area contributed by atoms with Crippen molar-refractivity contribution < 1.29 is 22.3 Å². The zero-order valence-corrected chi connectivity index (χ0v) is 19.6. The maximum atomic E-state index is 14.9. The first kappa shape index (κ1) is 23.5. The zero-order chi connectivity index (χ0) is 24.1. The minimum atomic E-state index is -3.42. The van der Waals surface area contributed by atoms with Gasteiger partial charge in [0, 0.05) is 30.8 Å². The van der Waals surface area contributed by atoms with Crippen molar-refractivity contribution in [3.63, 3.8) is 0 Å². The summed E-state index contributed by atoms with van der Waals surface area (Å²) in [7, 11) is -3.42. The average Bonchev–Trinajstić information content (AvgIpc) is 3.04. The third-order valence-corrected chi connectivity index (χ3v) is 7.07. The highest BCUT2D eigenvalue weighted by atomic mass is 32.2. The van der Waals surface area contributed by atoms with Crippen LogP contribution < -0.4 is 5.32 Å². The molecule has 2 aromatic heterocycles. The molecule has 0 radical (unpaired) electrons. The molecule has 0 bridgehead atoms. The molecule has 0 amide bonds. The van der Waals surface area contributed by atoms with Gasteiger partial charge in [0.1, 0.15) is 17.3 Å². The number of benzene rings is 1. The van der Waals surface area contributed by atoms with E-state index >= 15 is 0 Å². The van der Waals surface area contributed by atoms with Gasteiger partial charge >= 0.3 is 0 Å². The lowest BCUT2D eigenvalue weighted by molar-refractivity contribution is 0.0950.